The van der Waals surface area contributed by atoms with Gasteiger partial charge in [0.1, 0.15) is 5.75 Å². The van der Waals surface area contributed by atoms with Gasteiger partial charge < -0.3 is 10.1 Å². The Morgan fingerprint density at radius 3 is 2.30 bits per heavy atom. The van der Waals surface area contributed by atoms with Crippen LogP contribution in [0.5, 0.6) is 5.75 Å². The van der Waals surface area contributed by atoms with Gasteiger partial charge >= 0.3 is 0 Å². The van der Waals surface area contributed by atoms with Gasteiger partial charge in [0.05, 0.1) is 17.6 Å². The first-order valence-corrected chi connectivity index (χ1v) is 11.8. The molecule has 0 spiro atoms. The molecule has 0 bridgehead atoms. The minimum absolute atomic E-state index is 0.109. The first-order chi connectivity index (χ1) is 14.2. The van der Waals surface area contributed by atoms with Crippen LogP contribution in [-0.4, -0.2) is 38.8 Å². The zero-order valence-electron chi connectivity index (χ0n) is 18.0. The SMILES string of the molecule is COc1ccc(S(=O)(=O)N2CCC(C)CC2)cc1C(=O)Nc1ccc(C(C)C)cc1. The summed E-state index contributed by atoms with van der Waals surface area (Å²) in [7, 11) is -2.19. The Morgan fingerprint density at radius 1 is 1.10 bits per heavy atom. The lowest BCUT2D eigenvalue weighted by Gasteiger charge is -2.29. The maximum atomic E-state index is 13.1. The Bertz CT molecular complexity index is 992. The van der Waals surface area contributed by atoms with Gasteiger partial charge in [-0.25, -0.2) is 8.42 Å². The van der Waals surface area contributed by atoms with Crippen LogP contribution in [0.3, 0.4) is 0 Å². The van der Waals surface area contributed by atoms with Crippen LogP contribution in [0.15, 0.2) is 47.4 Å². The zero-order valence-corrected chi connectivity index (χ0v) is 18.8. The zero-order chi connectivity index (χ0) is 21.9. The van der Waals surface area contributed by atoms with Gasteiger partial charge in [0.15, 0.2) is 0 Å². The monoisotopic (exact) mass is 430 g/mol. The fourth-order valence-corrected chi connectivity index (χ4v) is 5.05. The molecule has 0 aliphatic carbocycles. The van der Waals surface area contributed by atoms with Crippen LogP contribution in [0.1, 0.15) is 55.5 Å². The lowest BCUT2D eigenvalue weighted by molar-refractivity contribution is 0.102. The van der Waals surface area contributed by atoms with Gasteiger partial charge in [0.2, 0.25) is 10.0 Å². The number of benzene rings is 2. The quantitative estimate of drug-likeness (QED) is 0.733. The average molecular weight is 431 g/mol. The molecule has 2 aromatic carbocycles. The van der Waals surface area contributed by atoms with Crippen LogP contribution >= 0.6 is 0 Å². The molecule has 0 aromatic heterocycles. The van der Waals surface area contributed by atoms with Crippen molar-refractivity contribution in [1.82, 2.24) is 4.31 Å². The van der Waals surface area contributed by atoms with Gasteiger partial charge in [0, 0.05) is 18.8 Å². The summed E-state index contributed by atoms with van der Waals surface area (Å²) >= 11 is 0. The highest BCUT2D eigenvalue weighted by Gasteiger charge is 2.29. The average Bonchev–Trinajstić information content (AvgIpc) is 2.74. The summed E-state index contributed by atoms with van der Waals surface area (Å²) in [6, 6.07) is 12.1. The second kappa shape index (κ2) is 9.18. The molecule has 6 nitrogen and oxygen atoms in total. The number of amides is 1. The molecule has 1 heterocycles. The predicted molar refractivity (Wildman–Crippen MR) is 119 cm³/mol. The van der Waals surface area contributed by atoms with Crippen molar-refractivity contribution in [2.45, 2.75) is 44.4 Å². The van der Waals surface area contributed by atoms with Crippen molar-refractivity contribution in [3.8, 4) is 5.75 Å². The van der Waals surface area contributed by atoms with Crippen LogP contribution in [0.25, 0.3) is 0 Å². The lowest BCUT2D eigenvalue weighted by Crippen LogP contribution is -2.37. The third kappa shape index (κ3) is 4.84. The van der Waals surface area contributed by atoms with E-state index < -0.39 is 15.9 Å². The fraction of sp³-hybridized carbons (Fsp3) is 0.435. The number of ether oxygens (including phenoxy) is 1. The van der Waals surface area contributed by atoms with Crippen LogP contribution in [0.4, 0.5) is 5.69 Å². The summed E-state index contributed by atoms with van der Waals surface area (Å²) < 4.78 is 33.0. The van der Waals surface area contributed by atoms with E-state index in [-0.39, 0.29) is 10.5 Å². The van der Waals surface area contributed by atoms with Crippen LogP contribution in [0, 0.1) is 5.92 Å². The molecule has 162 valence electrons. The number of piperidine rings is 1. The molecule has 1 aliphatic rings. The number of sulfonamides is 1. The molecular weight excluding hydrogens is 400 g/mol. The number of carbonyl (C=O) groups excluding carboxylic acids is 1. The summed E-state index contributed by atoms with van der Waals surface area (Å²) in [5.74, 6) is 0.844. The summed E-state index contributed by atoms with van der Waals surface area (Å²) in [6.07, 6.45) is 1.68. The third-order valence-electron chi connectivity index (χ3n) is 5.63. The van der Waals surface area contributed by atoms with E-state index in [1.54, 1.807) is 0 Å². The summed E-state index contributed by atoms with van der Waals surface area (Å²) in [5, 5.41) is 2.84. The summed E-state index contributed by atoms with van der Waals surface area (Å²) in [6.45, 7) is 7.34. The molecule has 1 saturated heterocycles. The van der Waals surface area contributed by atoms with Crippen molar-refractivity contribution in [2.75, 3.05) is 25.5 Å². The maximum absolute atomic E-state index is 13.1. The van der Waals surface area contributed by atoms with E-state index in [1.165, 1.54) is 35.2 Å². The van der Waals surface area contributed by atoms with Crippen LogP contribution < -0.4 is 10.1 Å². The van der Waals surface area contributed by atoms with E-state index >= 15 is 0 Å². The van der Waals surface area contributed by atoms with Crippen molar-refractivity contribution in [3.05, 3.63) is 53.6 Å². The molecule has 1 N–H and O–H groups in total. The first kappa shape index (κ1) is 22.3. The van der Waals surface area contributed by atoms with Crippen molar-refractivity contribution in [1.29, 1.82) is 0 Å². The Morgan fingerprint density at radius 2 is 1.73 bits per heavy atom. The molecule has 1 fully saturated rings. The number of nitrogens with zero attached hydrogens (tertiary/aromatic N) is 1. The molecule has 0 saturated carbocycles. The van der Waals surface area contributed by atoms with E-state index in [2.05, 4.69) is 26.1 Å². The molecule has 2 aromatic rings. The molecule has 1 amide bonds. The normalized spacial score (nSPS) is 15.9. The fourth-order valence-electron chi connectivity index (χ4n) is 3.55. The van der Waals surface area contributed by atoms with Gasteiger partial charge in [0.25, 0.3) is 5.91 Å². The van der Waals surface area contributed by atoms with E-state index in [0.29, 0.717) is 36.4 Å². The minimum Gasteiger partial charge on any atom is -0.496 e. The summed E-state index contributed by atoms with van der Waals surface area (Å²) in [5.41, 5.74) is 2.01. The van der Waals surface area contributed by atoms with Crippen molar-refractivity contribution in [3.63, 3.8) is 0 Å². The van der Waals surface area contributed by atoms with Gasteiger partial charge in [-0.1, -0.05) is 32.9 Å². The number of anilines is 1. The van der Waals surface area contributed by atoms with Gasteiger partial charge in [-0.2, -0.15) is 4.31 Å². The number of hydrogen-bond acceptors (Lipinski definition) is 4. The standard InChI is InChI=1S/C23H30N2O4S/c1-16(2)18-5-7-19(8-6-18)24-23(26)21-15-20(9-10-22(21)29-4)30(27,28)25-13-11-17(3)12-14-25/h5-10,15-17H,11-14H2,1-4H3,(H,24,26). The minimum atomic E-state index is -3.66. The lowest BCUT2D eigenvalue weighted by atomic mass is 10.0. The first-order valence-electron chi connectivity index (χ1n) is 10.3. The van der Waals surface area contributed by atoms with Crippen molar-refractivity contribution >= 4 is 21.6 Å². The number of rotatable bonds is 6. The van der Waals surface area contributed by atoms with Gasteiger partial charge in [-0.05, 0) is 60.6 Å². The van der Waals surface area contributed by atoms with E-state index in [9.17, 15) is 13.2 Å². The van der Waals surface area contributed by atoms with Crippen LogP contribution in [0.2, 0.25) is 0 Å². The number of methoxy groups -OCH3 is 1. The Balaban J connectivity index is 1.86. The molecular formula is C23H30N2O4S. The molecule has 30 heavy (non-hydrogen) atoms. The predicted octanol–water partition coefficient (Wildman–Crippen LogP) is 4.49. The molecule has 7 heteroatoms. The maximum Gasteiger partial charge on any atom is 0.259 e. The van der Waals surface area contributed by atoms with Crippen LogP contribution in [-0.2, 0) is 10.0 Å². The number of carbonyl (C=O) groups is 1. The second-order valence-corrected chi connectivity index (χ2v) is 10.1. The topological polar surface area (TPSA) is 75.7 Å². The largest absolute Gasteiger partial charge is 0.496 e. The van der Waals surface area contributed by atoms with E-state index in [1.807, 2.05) is 24.3 Å². The Labute approximate surface area is 179 Å². The highest BCUT2D eigenvalue weighted by atomic mass is 32.2. The molecule has 0 atom stereocenters. The third-order valence-corrected chi connectivity index (χ3v) is 7.53. The second-order valence-electron chi connectivity index (χ2n) is 8.18. The Kier molecular flexibility index (Phi) is 6.83. The number of nitrogens with one attached hydrogen (secondary N) is 1. The van der Waals surface area contributed by atoms with Gasteiger partial charge in [-0.3, -0.25) is 4.79 Å². The Hall–Kier alpha value is -2.38. The molecule has 3 rings (SSSR count). The highest BCUT2D eigenvalue weighted by molar-refractivity contribution is 7.89. The smallest absolute Gasteiger partial charge is 0.259 e. The van der Waals surface area contributed by atoms with Crippen molar-refractivity contribution in [2.24, 2.45) is 5.92 Å². The summed E-state index contributed by atoms with van der Waals surface area (Å²) in [4.78, 5) is 13.0. The van der Waals surface area contributed by atoms with Gasteiger partial charge in [-0.15, -0.1) is 0 Å². The highest BCUT2D eigenvalue weighted by Crippen LogP contribution is 2.28. The van der Waals surface area contributed by atoms with E-state index in [0.717, 1.165) is 12.8 Å². The molecule has 0 radical (unpaired) electrons. The van der Waals surface area contributed by atoms with E-state index in [4.69, 9.17) is 4.74 Å². The number of hydrogen-bond donors (Lipinski definition) is 1. The molecule has 1 aliphatic heterocycles. The molecule has 0 unspecified atom stereocenters. The van der Waals surface area contributed by atoms with Crippen molar-refractivity contribution < 1.29 is 17.9 Å².